The third-order valence-electron chi connectivity index (χ3n) is 4.79. The molecule has 0 heterocycles. The Hall–Kier alpha value is -0.870. The molecule has 1 aliphatic rings. The van der Waals surface area contributed by atoms with Crippen molar-refractivity contribution in [2.75, 3.05) is 34.3 Å². The standard InChI is InChI=1S/C17H32N2O2/c1-6-15(16(20)21-5)9-11-18-13-17(19(3)4)10-7-8-14(2)12-17/h9,14,18H,6-8,10-13H2,1-5H3. The van der Waals surface area contributed by atoms with Crippen LogP contribution < -0.4 is 5.32 Å². The molecule has 0 aliphatic heterocycles. The molecule has 2 atom stereocenters. The number of rotatable bonds is 7. The minimum atomic E-state index is -0.215. The average Bonchev–Trinajstić information content (AvgIpc) is 2.46. The lowest BCUT2D eigenvalue weighted by Crippen LogP contribution is -2.54. The van der Waals surface area contributed by atoms with E-state index in [-0.39, 0.29) is 11.5 Å². The maximum Gasteiger partial charge on any atom is 0.333 e. The second-order valence-corrected chi connectivity index (χ2v) is 6.53. The van der Waals surface area contributed by atoms with Gasteiger partial charge in [-0.1, -0.05) is 32.8 Å². The van der Waals surface area contributed by atoms with Crippen molar-refractivity contribution in [3.63, 3.8) is 0 Å². The predicted octanol–water partition coefficient (Wildman–Crippen LogP) is 2.60. The number of nitrogens with one attached hydrogen (secondary N) is 1. The highest BCUT2D eigenvalue weighted by atomic mass is 16.5. The molecule has 1 rings (SSSR count). The van der Waals surface area contributed by atoms with Gasteiger partial charge in [-0.05, 0) is 39.3 Å². The number of ether oxygens (including phenoxy) is 1. The van der Waals surface area contributed by atoms with Crippen LogP contribution in [0.4, 0.5) is 0 Å². The molecule has 0 aromatic rings. The molecule has 1 saturated carbocycles. The number of esters is 1. The van der Waals surface area contributed by atoms with E-state index in [2.05, 4.69) is 31.2 Å². The van der Waals surface area contributed by atoms with Crippen molar-refractivity contribution in [1.29, 1.82) is 0 Å². The molecule has 2 unspecified atom stereocenters. The Kier molecular flexibility index (Phi) is 7.40. The van der Waals surface area contributed by atoms with Crippen LogP contribution in [0.25, 0.3) is 0 Å². The van der Waals surface area contributed by atoms with Crippen molar-refractivity contribution < 1.29 is 9.53 Å². The van der Waals surface area contributed by atoms with Gasteiger partial charge in [0.15, 0.2) is 0 Å². The summed E-state index contributed by atoms with van der Waals surface area (Å²) in [6, 6.07) is 0. The summed E-state index contributed by atoms with van der Waals surface area (Å²) < 4.78 is 4.78. The van der Waals surface area contributed by atoms with E-state index >= 15 is 0 Å². The van der Waals surface area contributed by atoms with Gasteiger partial charge in [0, 0.05) is 24.2 Å². The maximum absolute atomic E-state index is 11.5. The molecule has 0 amide bonds. The van der Waals surface area contributed by atoms with Crippen LogP contribution in [-0.2, 0) is 9.53 Å². The van der Waals surface area contributed by atoms with Crippen LogP contribution in [0.5, 0.6) is 0 Å². The van der Waals surface area contributed by atoms with Crippen molar-refractivity contribution in [1.82, 2.24) is 10.2 Å². The Morgan fingerprint density at radius 3 is 2.71 bits per heavy atom. The zero-order valence-electron chi connectivity index (χ0n) is 14.4. The number of carbonyl (C=O) groups is 1. The summed E-state index contributed by atoms with van der Waals surface area (Å²) in [4.78, 5) is 13.9. The molecule has 1 fully saturated rings. The summed E-state index contributed by atoms with van der Waals surface area (Å²) >= 11 is 0. The van der Waals surface area contributed by atoms with Gasteiger partial charge in [-0.2, -0.15) is 0 Å². The summed E-state index contributed by atoms with van der Waals surface area (Å²) in [5.74, 6) is 0.577. The van der Waals surface area contributed by atoms with Gasteiger partial charge in [0.25, 0.3) is 0 Å². The smallest absolute Gasteiger partial charge is 0.333 e. The fraction of sp³-hybridized carbons (Fsp3) is 0.824. The van der Waals surface area contributed by atoms with Crippen molar-refractivity contribution in [3.05, 3.63) is 11.6 Å². The normalized spacial score (nSPS) is 27.0. The molecule has 4 heteroatoms. The van der Waals surface area contributed by atoms with Crippen LogP contribution in [0.15, 0.2) is 11.6 Å². The molecule has 1 aliphatic carbocycles. The van der Waals surface area contributed by atoms with Crippen LogP contribution in [0.1, 0.15) is 46.0 Å². The molecule has 0 aromatic carbocycles. The van der Waals surface area contributed by atoms with E-state index in [0.717, 1.165) is 24.6 Å². The summed E-state index contributed by atoms with van der Waals surface area (Å²) in [5, 5.41) is 3.52. The minimum absolute atomic E-state index is 0.215. The highest BCUT2D eigenvalue weighted by Crippen LogP contribution is 2.35. The van der Waals surface area contributed by atoms with Gasteiger partial charge in [-0.3, -0.25) is 0 Å². The molecule has 0 saturated heterocycles. The molecule has 0 bridgehead atoms. The second kappa shape index (κ2) is 8.54. The Morgan fingerprint density at radius 2 is 2.19 bits per heavy atom. The van der Waals surface area contributed by atoms with Gasteiger partial charge < -0.3 is 15.0 Å². The van der Waals surface area contributed by atoms with E-state index in [1.165, 1.54) is 32.8 Å². The summed E-state index contributed by atoms with van der Waals surface area (Å²) in [5.41, 5.74) is 1.00. The molecule has 0 radical (unpaired) electrons. The molecule has 1 N–H and O–H groups in total. The van der Waals surface area contributed by atoms with E-state index in [1.807, 2.05) is 13.0 Å². The van der Waals surface area contributed by atoms with Crippen LogP contribution in [-0.4, -0.2) is 50.7 Å². The molecular formula is C17H32N2O2. The number of nitrogens with zero attached hydrogens (tertiary/aromatic N) is 1. The number of hydrogen-bond donors (Lipinski definition) is 1. The Balaban J connectivity index is 2.55. The van der Waals surface area contributed by atoms with Gasteiger partial charge in [0.1, 0.15) is 0 Å². The van der Waals surface area contributed by atoms with Gasteiger partial charge in [-0.15, -0.1) is 0 Å². The molecular weight excluding hydrogens is 264 g/mol. The van der Waals surface area contributed by atoms with Crippen LogP contribution in [0.2, 0.25) is 0 Å². The van der Waals surface area contributed by atoms with Crippen molar-refractivity contribution >= 4 is 5.97 Å². The van der Waals surface area contributed by atoms with Crippen molar-refractivity contribution in [2.24, 2.45) is 5.92 Å². The zero-order valence-corrected chi connectivity index (χ0v) is 14.4. The van der Waals surface area contributed by atoms with Crippen LogP contribution >= 0.6 is 0 Å². The fourth-order valence-corrected chi connectivity index (χ4v) is 3.36. The Bertz CT molecular complexity index is 366. The minimum Gasteiger partial charge on any atom is -0.466 e. The molecule has 0 spiro atoms. The highest BCUT2D eigenvalue weighted by Gasteiger charge is 2.36. The van der Waals surface area contributed by atoms with Gasteiger partial charge in [0.05, 0.1) is 7.11 Å². The Morgan fingerprint density at radius 1 is 1.48 bits per heavy atom. The summed E-state index contributed by atoms with van der Waals surface area (Å²) in [6.45, 7) is 6.03. The first kappa shape index (κ1) is 18.2. The first-order valence-electron chi connectivity index (χ1n) is 8.10. The largest absolute Gasteiger partial charge is 0.466 e. The number of likely N-dealkylation sites (N-methyl/N-ethyl adjacent to an activating group) is 1. The van der Waals surface area contributed by atoms with Crippen LogP contribution in [0.3, 0.4) is 0 Å². The monoisotopic (exact) mass is 296 g/mol. The summed E-state index contributed by atoms with van der Waals surface area (Å²) in [7, 11) is 5.80. The van der Waals surface area contributed by atoms with E-state index in [9.17, 15) is 4.79 Å². The first-order chi connectivity index (χ1) is 9.95. The van der Waals surface area contributed by atoms with E-state index in [1.54, 1.807) is 0 Å². The maximum atomic E-state index is 11.5. The molecule has 21 heavy (non-hydrogen) atoms. The highest BCUT2D eigenvalue weighted by molar-refractivity contribution is 5.88. The SMILES string of the molecule is CCC(=CCNCC1(N(C)C)CCCC(C)C1)C(=O)OC. The molecule has 0 aromatic heterocycles. The van der Waals surface area contributed by atoms with Crippen LogP contribution in [0, 0.1) is 5.92 Å². The Labute approximate surface area is 129 Å². The lowest BCUT2D eigenvalue weighted by molar-refractivity contribution is -0.136. The molecule has 122 valence electrons. The summed E-state index contributed by atoms with van der Waals surface area (Å²) in [6.07, 6.45) is 7.82. The van der Waals surface area contributed by atoms with Crippen molar-refractivity contribution in [3.8, 4) is 0 Å². The zero-order chi connectivity index (χ0) is 15.9. The number of methoxy groups -OCH3 is 1. The third kappa shape index (κ3) is 5.11. The molecule has 4 nitrogen and oxygen atoms in total. The van der Waals surface area contributed by atoms with Gasteiger partial charge in [-0.25, -0.2) is 4.79 Å². The lowest BCUT2D eigenvalue weighted by Gasteiger charge is -2.45. The topological polar surface area (TPSA) is 41.6 Å². The quantitative estimate of drug-likeness (QED) is 0.445. The third-order valence-corrected chi connectivity index (χ3v) is 4.79. The fourth-order valence-electron chi connectivity index (χ4n) is 3.36. The van der Waals surface area contributed by atoms with Crippen molar-refractivity contribution in [2.45, 2.75) is 51.5 Å². The van der Waals surface area contributed by atoms with E-state index in [4.69, 9.17) is 4.74 Å². The average molecular weight is 296 g/mol. The van der Waals surface area contributed by atoms with E-state index < -0.39 is 0 Å². The van der Waals surface area contributed by atoms with E-state index in [0.29, 0.717) is 6.42 Å². The number of hydrogen-bond acceptors (Lipinski definition) is 4. The lowest BCUT2D eigenvalue weighted by atomic mass is 9.75. The first-order valence-corrected chi connectivity index (χ1v) is 8.10. The predicted molar refractivity (Wildman–Crippen MR) is 87.3 cm³/mol. The number of carbonyl (C=O) groups excluding carboxylic acids is 1. The van der Waals surface area contributed by atoms with Gasteiger partial charge >= 0.3 is 5.97 Å². The second-order valence-electron chi connectivity index (χ2n) is 6.53. The van der Waals surface area contributed by atoms with Gasteiger partial charge in [0.2, 0.25) is 0 Å².